The van der Waals surface area contributed by atoms with E-state index in [0.29, 0.717) is 25.0 Å². The van der Waals surface area contributed by atoms with Gasteiger partial charge in [-0.05, 0) is 25.7 Å². The Bertz CT molecular complexity index is 207. The number of carbonyl (C=O) groups is 1. The summed E-state index contributed by atoms with van der Waals surface area (Å²) in [6.07, 6.45) is 6.71. The zero-order valence-corrected chi connectivity index (χ0v) is 9.06. The Labute approximate surface area is 90.6 Å². The van der Waals surface area contributed by atoms with Gasteiger partial charge in [0.2, 0.25) is 6.41 Å². The topological polar surface area (TPSA) is 52.6 Å². The van der Waals surface area contributed by atoms with Crippen LogP contribution in [0.3, 0.4) is 0 Å². The number of fused-ring (bicyclic) bond motifs is 2. The molecule has 15 heavy (non-hydrogen) atoms. The maximum atomic E-state index is 10.1. The summed E-state index contributed by atoms with van der Waals surface area (Å²) in [7, 11) is 0. The van der Waals surface area contributed by atoms with Gasteiger partial charge in [0.25, 0.3) is 0 Å². The molecule has 0 spiro atoms. The van der Waals surface area contributed by atoms with Gasteiger partial charge in [-0.15, -0.1) is 0 Å². The van der Waals surface area contributed by atoms with Crippen LogP contribution in [-0.2, 0) is 4.79 Å². The zero-order chi connectivity index (χ0) is 10.7. The van der Waals surface area contributed by atoms with Crippen LogP contribution in [0.25, 0.3) is 0 Å². The summed E-state index contributed by atoms with van der Waals surface area (Å²) in [6.45, 7) is 1.09. The molecule has 0 aromatic heterocycles. The Morgan fingerprint density at radius 3 is 2.60 bits per heavy atom. The summed E-state index contributed by atoms with van der Waals surface area (Å²) in [4.78, 5) is 12.6. The fourth-order valence-corrected chi connectivity index (χ4v) is 3.01. The van der Waals surface area contributed by atoms with Crippen molar-refractivity contribution in [3.05, 3.63) is 0 Å². The first-order chi connectivity index (χ1) is 7.31. The highest BCUT2D eigenvalue weighted by Gasteiger charge is 2.36. The van der Waals surface area contributed by atoms with Crippen LogP contribution in [0.4, 0.5) is 0 Å². The summed E-state index contributed by atoms with van der Waals surface area (Å²) in [5.41, 5.74) is 0. The van der Waals surface area contributed by atoms with Crippen molar-refractivity contribution in [2.45, 2.75) is 50.3 Å². The van der Waals surface area contributed by atoms with E-state index in [1.807, 2.05) is 0 Å². The van der Waals surface area contributed by atoms with Gasteiger partial charge in [0.1, 0.15) is 0 Å². The Kier molecular flexibility index (Phi) is 3.59. The summed E-state index contributed by atoms with van der Waals surface area (Å²) < 4.78 is 0. The second-order valence-corrected chi connectivity index (χ2v) is 4.69. The van der Waals surface area contributed by atoms with Gasteiger partial charge in [0, 0.05) is 25.2 Å². The molecule has 86 valence electrons. The number of hydrogen-bond donors (Lipinski definition) is 2. The molecule has 0 aliphatic carbocycles. The minimum absolute atomic E-state index is 0.374. The average molecular weight is 212 g/mol. The first-order valence-corrected chi connectivity index (χ1v) is 5.92. The van der Waals surface area contributed by atoms with E-state index >= 15 is 0 Å². The minimum atomic E-state index is -0.420. The van der Waals surface area contributed by atoms with Gasteiger partial charge in [-0.25, -0.2) is 0 Å². The lowest BCUT2D eigenvalue weighted by Gasteiger charge is -2.35. The predicted octanol–water partition coefficient (Wildman–Crippen LogP) is 0.110. The van der Waals surface area contributed by atoms with E-state index < -0.39 is 6.10 Å². The molecule has 1 amide bonds. The molecular formula is C11H20N2O2. The first kappa shape index (κ1) is 10.9. The van der Waals surface area contributed by atoms with E-state index in [1.54, 1.807) is 0 Å². The third-order valence-electron chi connectivity index (χ3n) is 3.70. The van der Waals surface area contributed by atoms with Crippen LogP contribution in [-0.4, -0.2) is 47.7 Å². The van der Waals surface area contributed by atoms with Gasteiger partial charge in [-0.3, -0.25) is 9.69 Å². The van der Waals surface area contributed by atoms with E-state index in [-0.39, 0.29) is 0 Å². The van der Waals surface area contributed by atoms with Crippen molar-refractivity contribution >= 4 is 6.41 Å². The highest BCUT2D eigenvalue weighted by Crippen LogP contribution is 2.35. The van der Waals surface area contributed by atoms with Crippen molar-refractivity contribution in [1.29, 1.82) is 0 Å². The lowest BCUT2D eigenvalue weighted by molar-refractivity contribution is -0.110. The van der Waals surface area contributed by atoms with Crippen LogP contribution >= 0.6 is 0 Å². The van der Waals surface area contributed by atoms with Gasteiger partial charge >= 0.3 is 0 Å². The van der Waals surface area contributed by atoms with Gasteiger partial charge in [-0.2, -0.15) is 0 Å². The number of aliphatic hydroxyl groups excluding tert-OH is 1. The predicted molar refractivity (Wildman–Crippen MR) is 57.4 cm³/mol. The zero-order valence-electron chi connectivity index (χ0n) is 9.06. The number of hydrogen-bond acceptors (Lipinski definition) is 3. The quantitative estimate of drug-likeness (QED) is 0.636. The maximum absolute atomic E-state index is 10.1. The van der Waals surface area contributed by atoms with E-state index in [1.165, 1.54) is 32.1 Å². The lowest BCUT2D eigenvalue weighted by Crippen LogP contribution is -2.46. The minimum Gasteiger partial charge on any atom is -0.390 e. The van der Waals surface area contributed by atoms with Gasteiger partial charge < -0.3 is 10.4 Å². The number of nitrogens with one attached hydrogen (secondary N) is 1. The standard InChI is InChI=1S/C11H20N2O2/c14-8-12-6-11(15)7-13-9-2-1-3-10(13)5-4-9/h8-11,15H,1-7H2,(H,12,14)/t9-,10+,11?. The number of rotatable bonds is 5. The van der Waals surface area contributed by atoms with Crippen molar-refractivity contribution in [3.8, 4) is 0 Å². The van der Waals surface area contributed by atoms with E-state index in [0.717, 1.165) is 6.54 Å². The Hall–Kier alpha value is -0.610. The lowest BCUT2D eigenvalue weighted by atomic mass is 10.0. The molecule has 2 fully saturated rings. The molecule has 3 atom stereocenters. The maximum Gasteiger partial charge on any atom is 0.207 e. The number of carbonyl (C=O) groups excluding carboxylic acids is 1. The molecule has 4 nitrogen and oxygen atoms in total. The SMILES string of the molecule is O=CNCC(O)CN1[C@@H]2CCC[C@H]1CC2. The van der Waals surface area contributed by atoms with Crippen LogP contribution in [0.5, 0.6) is 0 Å². The highest BCUT2D eigenvalue weighted by molar-refractivity contribution is 5.45. The number of aliphatic hydroxyl groups is 1. The molecule has 2 aliphatic rings. The molecule has 2 heterocycles. The Morgan fingerprint density at radius 1 is 1.33 bits per heavy atom. The Morgan fingerprint density at radius 2 is 2.00 bits per heavy atom. The highest BCUT2D eigenvalue weighted by atomic mass is 16.3. The summed E-state index contributed by atoms with van der Waals surface area (Å²) >= 11 is 0. The van der Waals surface area contributed by atoms with E-state index in [9.17, 15) is 9.90 Å². The molecule has 2 saturated heterocycles. The van der Waals surface area contributed by atoms with Crippen molar-refractivity contribution in [3.63, 3.8) is 0 Å². The fourth-order valence-electron chi connectivity index (χ4n) is 3.01. The van der Waals surface area contributed by atoms with Gasteiger partial charge in [0.15, 0.2) is 0 Å². The molecule has 0 aromatic rings. The fraction of sp³-hybridized carbons (Fsp3) is 0.909. The molecule has 2 aliphatic heterocycles. The molecule has 2 N–H and O–H groups in total. The van der Waals surface area contributed by atoms with Crippen molar-refractivity contribution in [1.82, 2.24) is 10.2 Å². The van der Waals surface area contributed by atoms with Crippen LogP contribution in [0.2, 0.25) is 0 Å². The van der Waals surface area contributed by atoms with Crippen LogP contribution in [0.1, 0.15) is 32.1 Å². The third-order valence-corrected chi connectivity index (χ3v) is 3.70. The largest absolute Gasteiger partial charge is 0.390 e. The van der Waals surface area contributed by atoms with Gasteiger partial charge in [0.05, 0.1) is 6.10 Å². The third kappa shape index (κ3) is 2.49. The van der Waals surface area contributed by atoms with Crippen molar-refractivity contribution < 1.29 is 9.90 Å². The summed E-state index contributed by atoms with van der Waals surface area (Å²) in [5.74, 6) is 0. The summed E-state index contributed by atoms with van der Waals surface area (Å²) in [6, 6.07) is 1.38. The molecule has 0 radical (unpaired) electrons. The van der Waals surface area contributed by atoms with Crippen molar-refractivity contribution in [2.24, 2.45) is 0 Å². The van der Waals surface area contributed by atoms with Crippen molar-refractivity contribution in [2.75, 3.05) is 13.1 Å². The Balaban J connectivity index is 1.81. The number of amides is 1. The monoisotopic (exact) mass is 212 g/mol. The molecule has 2 bridgehead atoms. The molecule has 1 unspecified atom stereocenters. The van der Waals surface area contributed by atoms with Crippen LogP contribution in [0.15, 0.2) is 0 Å². The van der Waals surface area contributed by atoms with Crippen LogP contribution < -0.4 is 5.32 Å². The normalized spacial score (nSPS) is 32.6. The molecule has 0 saturated carbocycles. The second-order valence-electron chi connectivity index (χ2n) is 4.69. The summed E-state index contributed by atoms with van der Waals surface area (Å²) in [5, 5.41) is 12.3. The smallest absolute Gasteiger partial charge is 0.207 e. The van der Waals surface area contributed by atoms with E-state index in [4.69, 9.17) is 0 Å². The van der Waals surface area contributed by atoms with Crippen LogP contribution in [0, 0.1) is 0 Å². The molecule has 2 rings (SSSR count). The molecule has 4 heteroatoms. The second kappa shape index (κ2) is 4.94. The number of nitrogens with zero attached hydrogens (tertiary/aromatic N) is 1. The molecular weight excluding hydrogens is 192 g/mol. The molecule has 0 aromatic carbocycles. The van der Waals surface area contributed by atoms with Gasteiger partial charge in [-0.1, -0.05) is 6.42 Å². The van der Waals surface area contributed by atoms with E-state index in [2.05, 4.69) is 10.2 Å². The first-order valence-electron chi connectivity index (χ1n) is 5.92. The number of piperidine rings is 1. The average Bonchev–Trinajstić information content (AvgIpc) is 2.50.